The SMILES string of the molecule is C=CCC(O)[C@H]1[C@H](C)CCC(=C)C1(C)C. The molecule has 1 unspecified atom stereocenters. The maximum atomic E-state index is 10.2. The fourth-order valence-corrected chi connectivity index (χ4v) is 3.03. The lowest BCUT2D eigenvalue weighted by molar-refractivity contribution is 0.00162. The van der Waals surface area contributed by atoms with Crippen molar-refractivity contribution in [3.8, 4) is 0 Å². The first-order valence-electron chi connectivity index (χ1n) is 5.88. The fraction of sp³-hybridized carbons (Fsp3) is 0.714. The van der Waals surface area contributed by atoms with Gasteiger partial charge in [0.2, 0.25) is 0 Å². The van der Waals surface area contributed by atoms with Gasteiger partial charge in [-0.25, -0.2) is 0 Å². The molecule has 1 rings (SSSR count). The van der Waals surface area contributed by atoms with Gasteiger partial charge < -0.3 is 5.11 Å². The summed E-state index contributed by atoms with van der Waals surface area (Å²) in [7, 11) is 0. The smallest absolute Gasteiger partial charge is 0.0613 e. The van der Waals surface area contributed by atoms with Crippen LogP contribution in [0.15, 0.2) is 24.8 Å². The van der Waals surface area contributed by atoms with E-state index >= 15 is 0 Å². The number of hydrogen-bond acceptors (Lipinski definition) is 1. The largest absolute Gasteiger partial charge is 0.392 e. The molecule has 1 aliphatic carbocycles. The van der Waals surface area contributed by atoms with E-state index in [1.54, 1.807) is 0 Å². The standard InChI is InChI=1S/C14H24O/c1-6-7-12(15)13-10(2)8-9-11(3)14(13,4)5/h6,10,12-13,15H,1,3,7-9H2,2,4-5H3/t10-,12?,13-/m1/s1. The normalized spacial score (nSPS) is 32.4. The molecule has 1 heteroatoms. The van der Waals surface area contributed by atoms with Gasteiger partial charge in [0.1, 0.15) is 0 Å². The zero-order valence-corrected chi connectivity index (χ0v) is 10.3. The monoisotopic (exact) mass is 208 g/mol. The third kappa shape index (κ3) is 2.34. The second-order valence-corrected chi connectivity index (χ2v) is 5.46. The minimum Gasteiger partial charge on any atom is -0.392 e. The minimum atomic E-state index is -0.274. The van der Waals surface area contributed by atoms with Crippen LogP contribution in [0.1, 0.15) is 40.0 Å². The van der Waals surface area contributed by atoms with E-state index in [0.29, 0.717) is 18.3 Å². The minimum absolute atomic E-state index is 0.0556. The lowest BCUT2D eigenvalue weighted by Crippen LogP contribution is -2.42. The van der Waals surface area contributed by atoms with Gasteiger partial charge in [0.25, 0.3) is 0 Å². The summed E-state index contributed by atoms with van der Waals surface area (Å²) in [5.74, 6) is 0.886. The molecular weight excluding hydrogens is 184 g/mol. The Hall–Kier alpha value is -0.560. The molecule has 0 spiro atoms. The molecule has 0 saturated heterocycles. The summed E-state index contributed by atoms with van der Waals surface area (Å²) in [5, 5.41) is 10.2. The van der Waals surface area contributed by atoms with Crippen molar-refractivity contribution < 1.29 is 5.11 Å². The van der Waals surface area contributed by atoms with Crippen LogP contribution in [-0.2, 0) is 0 Å². The van der Waals surface area contributed by atoms with Crippen molar-refractivity contribution >= 4 is 0 Å². The Morgan fingerprint density at radius 1 is 1.60 bits per heavy atom. The number of aliphatic hydroxyl groups excluding tert-OH is 1. The van der Waals surface area contributed by atoms with E-state index in [1.165, 1.54) is 5.57 Å². The van der Waals surface area contributed by atoms with Crippen LogP contribution in [0.4, 0.5) is 0 Å². The van der Waals surface area contributed by atoms with Crippen molar-refractivity contribution in [2.45, 2.75) is 46.1 Å². The van der Waals surface area contributed by atoms with Gasteiger partial charge in [0.05, 0.1) is 6.10 Å². The van der Waals surface area contributed by atoms with Gasteiger partial charge in [-0.05, 0) is 36.5 Å². The van der Waals surface area contributed by atoms with Crippen LogP contribution < -0.4 is 0 Å². The summed E-state index contributed by atoms with van der Waals surface area (Å²) in [6, 6.07) is 0. The zero-order valence-electron chi connectivity index (χ0n) is 10.3. The van der Waals surface area contributed by atoms with Crippen molar-refractivity contribution in [1.29, 1.82) is 0 Å². The van der Waals surface area contributed by atoms with Gasteiger partial charge in [0.15, 0.2) is 0 Å². The van der Waals surface area contributed by atoms with Gasteiger partial charge in [-0.2, -0.15) is 0 Å². The van der Waals surface area contributed by atoms with Gasteiger partial charge in [-0.15, -0.1) is 6.58 Å². The Morgan fingerprint density at radius 3 is 2.73 bits per heavy atom. The maximum absolute atomic E-state index is 10.2. The maximum Gasteiger partial charge on any atom is 0.0613 e. The van der Waals surface area contributed by atoms with Crippen LogP contribution in [0.2, 0.25) is 0 Å². The summed E-state index contributed by atoms with van der Waals surface area (Å²) in [4.78, 5) is 0. The predicted octanol–water partition coefficient (Wildman–Crippen LogP) is 3.55. The summed E-state index contributed by atoms with van der Waals surface area (Å²) in [5.41, 5.74) is 1.34. The van der Waals surface area contributed by atoms with Crippen LogP contribution in [0, 0.1) is 17.3 Å². The molecule has 0 radical (unpaired) electrons. The summed E-state index contributed by atoms with van der Waals surface area (Å²) in [6.07, 6.45) is 4.48. The summed E-state index contributed by atoms with van der Waals surface area (Å²) in [6.45, 7) is 14.5. The van der Waals surface area contributed by atoms with Gasteiger partial charge in [0, 0.05) is 0 Å². The molecule has 0 aliphatic heterocycles. The third-order valence-corrected chi connectivity index (χ3v) is 4.08. The Balaban J connectivity index is 2.89. The molecule has 0 heterocycles. The predicted molar refractivity (Wildman–Crippen MR) is 65.6 cm³/mol. The molecule has 0 aromatic carbocycles. The Labute approximate surface area is 93.9 Å². The lowest BCUT2D eigenvalue weighted by atomic mass is 9.59. The molecule has 0 aromatic heterocycles. The van der Waals surface area contributed by atoms with E-state index in [2.05, 4.69) is 33.9 Å². The van der Waals surface area contributed by atoms with Crippen LogP contribution >= 0.6 is 0 Å². The molecule has 1 fully saturated rings. The highest BCUT2D eigenvalue weighted by Gasteiger charge is 2.42. The van der Waals surface area contributed by atoms with Crippen LogP contribution in [0.3, 0.4) is 0 Å². The van der Waals surface area contributed by atoms with Gasteiger partial charge in [-0.1, -0.05) is 39.0 Å². The average molecular weight is 208 g/mol. The first kappa shape index (κ1) is 12.5. The van der Waals surface area contributed by atoms with Crippen molar-refractivity contribution in [3.63, 3.8) is 0 Å². The van der Waals surface area contributed by atoms with E-state index in [1.807, 2.05) is 6.08 Å². The zero-order chi connectivity index (χ0) is 11.6. The molecule has 1 aliphatic rings. The Morgan fingerprint density at radius 2 is 2.20 bits per heavy atom. The highest BCUT2D eigenvalue weighted by Crippen LogP contribution is 2.48. The Kier molecular flexibility index (Phi) is 3.77. The molecule has 1 nitrogen and oxygen atoms in total. The number of rotatable bonds is 3. The average Bonchev–Trinajstić information content (AvgIpc) is 2.12. The lowest BCUT2D eigenvalue weighted by Gasteiger charge is -2.46. The third-order valence-electron chi connectivity index (χ3n) is 4.08. The first-order chi connectivity index (χ1) is 6.91. The molecule has 0 amide bonds. The number of hydrogen-bond donors (Lipinski definition) is 1. The van der Waals surface area contributed by atoms with Crippen LogP contribution in [0.5, 0.6) is 0 Å². The van der Waals surface area contributed by atoms with E-state index in [-0.39, 0.29) is 11.5 Å². The summed E-state index contributed by atoms with van der Waals surface area (Å²) >= 11 is 0. The molecule has 15 heavy (non-hydrogen) atoms. The number of aliphatic hydroxyl groups is 1. The fourth-order valence-electron chi connectivity index (χ4n) is 3.03. The molecular formula is C14H24O. The molecule has 1 saturated carbocycles. The van der Waals surface area contributed by atoms with Crippen LogP contribution in [0.25, 0.3) is 0 Å². The molecule has 86 valence electrons. The topological polar surface area (TPSA) is 20.2 Å². The highest BCUT2D eigenvalue weighted by molar-refractivity contribution is 5.15. The van der Waals surface area contributed by atoms with Crippen molar-refractivity contribution in [2.24, 2.45) is 17.3 Å². The van der Waals surface area contributed by atoms with E-state index in [4.69, 9.17) is 0 Å². The second kappa shape index (κ2) is 4.52. The summed E-state index contributed by atoms with van der Waals surface area (Å²) < 4.78 is 0. The van der Waals surface area contributed by atoms with Crippen molar-refractivity contribution in [3.05, 3.63) is 24.8 Å². The molecule has 0 aromatic rings. The van der Waals surface area contributed by atoms with Crippen LogP contribution in [-0.4, -0.2) is 11.2 Å². The Bertz CT molecular complexity index is 252. The molecule has 1 N–H and O–H groups in total. The van der Waals surface area contributed by atoms with Gasteiger partial charge in [-0.3, -0.25) is 0 Å². The number of allylic oxidation sites excluding steroid dienone is 1. The molecule has 0 bridgehead atoms. The van der Waals surface area contributed by atoms with Crippen molar-refractivity contribution in [2.75, 3.05) is 0 Å². The van der Waals surface area contributed by atoms with Gasteiger partial charge >= 0.3 is 0 Å². The van der Waals surface area contributed by atoms with E-state index in [9.17, 15) is 5.11 Å². The second-order valence-electron chi connectivity index (χ2n) is 5.46. The van der Waals surface area contributed by atoms with Crippen molar-refractivity contribution in [1.82, 2.24) is 0 Å². The quantitative estimate of drug-likeness (QED) is 0.703. The first-order valence-corrected chi connectivity index (χ1v) is 5.88. The highest BCUT2D eigenvalue weighted by atomic mass is 16.3. The molecule has 3 atom stereocenters. The van der Waals surface area contributed by atoms with E-state index in [0.717, 1.165) is 12.8 Å². The van der Waals surface area contributed by atoms with E-state index < -0.39 is 0 Å².